The molecule has 0 spiro atoms. The molecular formula is C20H21N3O5S2. The zero-order valence-electron chi connectivity index (χ0n) is 16.5. The molecule has 2 aromatic carbocycles. The van der Waals surface area contributed by atoms with Crippen molar-refractivity contribution in [1.29, 1.82) is 0 Å². The molecule has 3 aromatic rings. The molecule has 0 radical (unpaired) electrons. The fourth-order valence-electron chi connectivity index (χ4n) is 3.05. The molecule has 158 valence electrons. The van der Waals surface area contributed by atoms with Crippen LogP contribution >= 0.6 is 11.3 Å². The zero-order valence-corrected chi connectivity index (χ0v) is 18.2. The van der Waals surface area contributed by atoms with E-state index >= 15 is 0 Å². The summed E-state index contributed by atoms with van der Waals surface area (Å²) in [7, 11) is -2.51. The summed E-state index contributed by atoms with van der Waals surface area (Å²) < 4.78 is 38.5. The van der Waals surface area contributed by atoms with Gasteiger partial charge >= 0.3 is 0 Å². The van der Waals surface area contributed by atoms with E-state index in [-0.39, 0.29) is 11.4 Å². The number of aromatic nitrogens is 1. The minimum Gasteiger partial charge on any atom is -0.486 e. The molecule has 0 fully saturated rings. The Hall–Kier alpha value is -2.69. The van der Waals surface area contributed by atoms with Gasteiger partial charge in [0.15, 0.2) is 16.6 Å². The topological polar surface area (TPSA) is 97.8 Å². The van der Waals surface area contributed by atoms with Crippen LogP contribution in [-0.2, 0) is 21.2 Å². The molecule has 1 aliphatic heterocycles. The first-order chi connectivity index (χ1) is 14.4. The van der Waals surface area contributed by atoms with Gasteiger partial charge in [-0.15, -0.1) is 0 Å². The molecular weight excluding hydrogens is 426 g/mol. The highest BCUT2D eigenvalue weighted by atomic mass is 32.2. The largest absolute Gasteiger partial charge is 0.486 e. The standard InChI is InChI=1S/C20H21N3O5S2/c1-3-13-4-6-15-18(10-13)29-20(21-15)22-19(24)12-23(2)30(25,26)14-5-7-16-17(11-14)28-9-8-27-16/h4-7,10-11H,3,8-9,12H2,1-2H3,(H,21,22,24). The first kappa shape index (κ1) is 20.6. The first-order valence-electron chi connectivity index (χ1n) is 9.42. The summed E-state index contributed by atoms with van der Waals surface area (Å²) >= 11 is 1.36. The molecule has 1 N–H and O–H groups in total. The lowest BCUT2D eigenvalue weighted by Gasteiger charge is -2.21. The molecule has 4 rings (SSSR count). The highest BCUT2D eigenvalue weighted by Crippen LogP contribution is 2.33. The van der Waals surface area contributed by atoms with E-state index in [4.69, 9.17) is 9.47 Å². The third-order valence-electron chi connectivity index (χ3n) is 4.70. The summed E-state index contributed by atoms with van der Waals surface area (Å²) in [5.41, 5.74) is 1.99. The van der Waals surface area contributed by atoms with E-state index in [2.05, 4.69) is 17.2 Å². The molecule has 8 nitrogen and oxygen atoms in total. The predicted octanol–water partition coefficient (Wildman–Crippen LogP) is 2.89. The van der Waals surface area contributed by atoms with Gasteiger partial charge in [0.2, 0.25) is 15.9 Å². The molecule has 2 heterocycles. The molecule has 1 aromatic heterocycles. The highest BCUT2D eigenvalue weighted by Gasteiger charge is 2.25. The van der Waals surface area contributed by atoms with Gasteiger partial charge in [0.05, 0.1) is 21.7 Å². The minimum atomic E-state index is -3.87. The van der Waals surface area contributed by atoms with E-state index < -0.39 is 15.9 Å². The number of ether oxygens (including phenoxy) is 2. The van der Waals surface area contributed by atoms with Crippen molar-refractivity contribution in [3.8, 4) is 11.5 Å². The van der Waals surface area contributed by atoms with Crippen molar-refractivity contribution in [1.82, 2.24) is 9.29 Å². The zero-order chi connectivity index (χ0) is 21.3. The number of hydrogen-bond donors (Lipinski definition) is 1. The van der Waals surface area contributed by atoms with Crippen molar-refractivity contribution < 1.29 is 22.7 Å². The van der Waals surface area contributed by atoms with Gasteiger partial charge in [-0.1, -0.05) is 24.3 Å². The van der Waals surface area contributed by atoms with E-state index in [9.17, 15) is 13.2 Å². The van der Waals surface area contributed by atoms with Gasteiger partial charge in [0.1, 0.15) is 13.2 Å². The highest BCUT2D eigenvalue weighted by molar-refractivity contribution is 7.89. The second kappa shape index (κ2) is 8.21. The van der Waals surface area contributed by atoms with Crippen LogP contribution in [0.3, 0.4) is 0 Å². The van der Waals surface area contributed by atoms with Crippen LogP contribution in [-0.4, -0.2) is 50.4 Å². The number of thiazole rings is 1. The maximum atomic E-state index is 12.9. The molecule has 1 aliphatic rings. The number of anilines is 1. The number of nitrogens with one attached hydrogen (secondary N) is 1. The lowest BCUT2D eigenvalue weighted by molar-refractivity contribution is -0.116. The van der Waals surface area contributed by atoms with E-state index in [1.807, 2.05) is 18.2 Å². The van der Waals surface area contributed by atoms with Crippen molar-refractivity contribution in [2.45, 2.75) is 18.2 Å². The van der Waals surface area contributed by atoms with Crippen LogP contribution in [0.2, 0.25) is 0 Å². The minimum absolute atomic E-state index is 0.0362. The number of sulfonamides is 1. The number of aryl methyl sites for hydroxylation is 1. The Morgan fingerprint density at radius 1 is 1.17 bits per heavy atom. The predicted molar refractivity (Wildman–Crippen MR) is 115 cm³/mol. The van der Waals surface area contributed by atoms with Crippen LogP contribution in [0, 0.1) is 0 Å². The SMILES string of the molecule is CCc1ccc2nc(NC(=O)CN(C)S(=O)(=O)c3ccc4c(c3)OCCO4)sc2c1. The Kier molecular flexibility index (Phi) is 5.63. The number of amides is 1. The third kappa shape index (κ3) is 4.11. The van der Waals surface area contributed by atoms with Crippen LogP contribution < -0.4 is 14.8 Å². The summed E-state index contributed by atoms with van der Waals surface area (Å²) in [4.78, 5) is 16.9. The monoisotopic (exact) mass is 447 g/mol. The first-order valence-corrected chi connectivity index (χ1v) is 11.7. The van der Waals surface area contributed by atoms with E-state index in [0.717, 1.165) is 20.9 Å². The molecule has 0 atom stereocenters. The van der Waals surface area contributed by atoms with Gasteiger partial charge in [0.25, 0.3) is 0 Å². The van der Waals surface area contributed by atoms with Gasteiger partial charge < -0.3 is 14.8 Å². The quantitative estimate of drug-likeness (QED) is 0.624. The van der Waals surface area contributed by atoms with Crippen molar-refractivity contribution in [3.63, 3.8) is 0 Å². The van der Waals surface area contributed by atoms with Crippen molar-refractivity contribution >= 4 is 42.6 Å². The number of rotatable bonds is 6. The van der Waals surface area contributed by atoms with E-state index in [0.29, 0.717) is 29.8 Å². The van der Waals surface area contributed by atoms with E-state index in [1.54, 1.807) is 6.07 Å². The van der Waals surface area contributed by atoms with Crippen molar-refractivity contribution in [2.75, 3.05) is 32.1 Å². The maximum Gasteiger partial charge on any atom is 0.243 e. The number of benzene rings is 2. The number of carbonyl (C=O) groups is 1. The fourth-order valence-corrected chi connectivity index (χ4v) is 5.14. The summed E-state index contributed by atoms with van der Waals surface area (Å²) in [6.07, 6.45) is 0.915. The van der Waals surface area contributed by atoms with Crippen LogP contribution in [0.25, 0.3) is 10.2 Å². The summed E-state index contributed by atoms with van der Waals surface area (Å²) in [6, 6.07) is 10.4. The molecule has 0 aliphatic carbocycles. The Bertz CT molecular complexity index is 1210. The Balaban J connectivity index is 1.46. The molecule has 0 saturated carbocycles. The summed E-state index contributed by atoms with van der Waals surface area (Å²) in [5.74, 6) is 0.414. The van der Waals surface area contributed by atoms with Gasteiger partial charge in [-0.3, -0.25) is 4.79 Å². The van der Waals surface area contributed by atoms with Gasteiger partial charge in [-0.2, -0.15) is 4.31 Å². The average Bonchev–Trinajstić information content (AvgIpc) is 3.14. The van der Waals surface area contributed by atoms with Gasteiger partial charge in [-0.05, 0) is 36.2 Å². The van der Waals surface area contributed by atoms with Gasteiger partial charge in [0, 0.05) is 13.1 Å². The van der Waals surface area contributed by atoms with Crippen LogP contribution in [0.5, 0.6) is 11.5 Å². The van der Waals surface area contributed by atoms with Crippen molar-refractivity contribution in [2.24, 2.45) is 0 Å². The molecule has 0 unspecified atom stereocenters. The number of carbonyl (C=O) groups excluding carboxylic acids is 1. The number of nitrogens with zero attached hydrogens (tertiary/aromatic N) is 2. The third-order valence-corrected chi connectivity index (χ3v) is 7.43. The normalized spacial score (nSPS) is 13.6. The van der Waals surface area contributed by atoms with Crippen LogP contribution in [0.1, 0.15) is 12.5 Å². The van der Waals surface area contributed by atoms with E-state index in [1.165, 1.54) is 36.1 Å². The average molecular weight is 448 g/mol. The number of hydrogen-bond acceptors (Lipinski definition) is 7. The molecule has 0 saturated heterocycles. The smallest absolute Gasteiger partial charge is 0.243 e. The lowest BCUT2D eigenvalue weighted by atomic mass is 10.2. The summed E-state index contributed by atoms with van der Waals surface area (Å²) in [5, 5.41) is 3.13. The fraction of sp³-hybridized carbons (Fsp3) is 0.300. The molecule has 10 heteroatoms. The molecule has 0 bridgehead atoms. The number of likely N-dealkylation sites (N-methyl/N-ethyl adjacent to an activating group) is 1. The molecule has 1 amide bonds. The van der Waals surface area contributed by atoms with Gasteiger partial charge in [-0.25, -0.2) is 13.4 Å². The Morgan fingerprint density at radius 2 is 1.93 bits per heavy atom. The molecule has 30 heavy (non-hydrogen) atoms. The maximum absolute atomic E-state index is 12.9. The lowest BCUT2D eigenvalue weighted by Crippen LogP contribution is -2.35. The second-order valence-corrected chi connectivity index (χ2v) is 9.86. The Labute approximate surface area is 178 Å². The van der Waals surface area contributed by atoms with Crippen LogP contribution in [0.15, 0.2) is 41.3 Å². The van der Waals surface area contributed by atoms with Crippen molar-refractivity contribution in [3.05, 3.63) is 42.0 Å². The Morgan fingerprint density at radius 3 is 2.70 bits per heavy atom. The summed E-state index contributed by atoms with van der Waals surface area (Å²) in [6.45, 7) is 2.51. The second-order valence-electron chi connectivity index (χ2n) is 6.79. The number of fused-ring (bicyclic) bond motifs is 2. The van der Waals surface area contributed by atoms with Crippen LogP contribution in [0.4, 0.5) is 5.13 Å².